The summed E-state index contributed by atoms with van der Waals surface area (Å²) >= 11 is 1.37. The number of aromatic nitrogens is 4. The highest BCUT2D eigenvalue weighted by molar-refractivity contribution is 7.21. The van der Waals surface area contributed by atoms with Crippen LogP contribution in [0, 0.1) is 19.8 Å². The summed E-state index contributed by atoms with van der Waals surface area (Å²) in [5.41, 5.74) is 1.38. The minimum absolute atomic E-state index is 0.0318. The third kappa shape index (κ3) is 6.17. The van der Waals surface area contributed by atoms with Crippen LogP contribution in [0.25, 0.3) is 20.8 Å². The molecule has 1 atom stereocenters. The number of alkyl halides is 5. The molecular formula is C23H29F5N6OS. The Hall–Kier alpha value is -2.67. The maximum Gasteiger partial charge on any atom is 0.455 e. The maximum absolute atomic E-state index is 13.5. The molecule has 198 valence electrons. The highest BCUT2D eigenvalue weighted by Gasteiger charge is 2.57. The van der Waals surface area contributed by atoms with Gasteiger partial charge in [0, 0.05) is 12.7 Å². The summed E-state index contributed by atoms with van der Waals surface area (Å²) in [4.78, 5) is 17.3. The number of aliphatic hydroxyl groups is 1. The highest BCUT2D eigenvalue weighted by atomic mass is 32.1. The van der Waals surface area contributed by atoms with Crippen LogP contribution in [0.5, 0.6) is 0 Å². The van der Waals surface area contributed by atoms with Crippen LogP contribution in [0.1, 0.15) is 45.0 Å². The molecule has 0 spiro atoms. The normalized spacial score (nSPS) is 13.8. The van der Waals surface area contributed by atoms with E-state index in [1.807, 2.05) is 25.2 Å². The van der Waals surface area contributed by atoms with Gasteiger partial charge >= 0.3 is 12.1 Å². The van der Waals surface area contributed by atoms with E-state index in [4.69, 9.17) is 0 Å². The first-order chi connectivity index (χ1) is 16.6. The third-order valence-corrected chi connectivity index (χ3v) is 6.99. The minimum Gasteiger partial charge on any atom is -0.390 e. The number of nitrogens with one attached hydrogen (secondary N) is 2. The van der Waals surface area contributed by atoms with Crippen LogP contribution in [0.4, 0.5) is 33.7 Å². The summed E-state index contributed by atoms with van der Waals surface area (Å²) in [6.07, 6.45) is -2.74. The monoisotopic (exact) mass is 532 g/mol. The molecule has 3 aromatic heterocycles. The van der Waals surface area contributed by atoms with Crippen LogP contribution in [0.15, 0.2) is 12.3 Å². The van der Waals surface area contributed by atoms with Gasteiger partial charge in [-0.25, -0.2) is 9.97 Å². The van der Waals surface area contributed by atoms with Crippen LogP contribution in [0.2, 0.25) is 0 Å². The van der Waals surface area contributed by atoms with Crippen molar-refractivity contribution < 1.29 is 27.1 Å². The van der Waals surface area contributed by atoms with Gasteiger partial charge < -0.3 is 15.7 Å². The molecule has 0 aliphatic rings. The molecule has 0 saturated heterocycles. The van der Waals surface area contributed by atoms with Crippen LogP contribution in [0.3, 0.4) is 0 Å². The topological polar surface area (TPSA) is 95.9 Å². The molecule has 0 aliphatic heterocycles. The van der Waals surface area contributed by atoms with Gasteiger partial charge in [-0.15, -0.1) is 11.3 Å². The van der Waals surface area contributed by atoms with Crippen molar-refractivity contribution in [1.82, 2.24) is 19.9 Å². The number of halogens is 5. The number of fused-ring (bicyclic) bond motifs is 1. The molecule has 3 rings (SSSR count). The van der Waals surface area contributed by atoms with E-state index in [-0.39, 0.29) is 17.7 Å². The number of hydrogen-bond acceptors (Lipinski definition) is 8. The Balaban J connectivity index is 1.97. The molecule has 0 aromatic carbocycles. The van der Waals surface area contributed by atoms with Crippen LogP contribution in [-0.4, -0.2) is 55.8 Å². The van der Waals surface area contributed by atoms with E-state index in [1.54, 1.807) is 27.0 Å². The second kappa shape index (κ2) is 10.4. The Morgan fingerprint density at radius 3 is 2.31 bits per heavy atom. The summed E-state index contributed by atoms with van der Waals surface area (Å²) < 4.78 is 65.6. The number of aryl methyl sites for hydroxylation is 2. The molecular weight excluding hydrogens is 503 g/mol. The van der Waals surface area contributed by atoms with Gasteiger partial charge in [0.2, 0.25) is 5.95 Å². The van der Waals surface area contributed by atoms with E-state index in [0.717, 1.165) is 16.8 Å². The molecule has 0 amide bonds. The number of anilines is 2. The van der Waals surface area contributed by atoms with Gasteiger partial charge in [0.25, 0.3) is 0 Å². The quantitative estimate of drug-likeness (QED) is 0.277. The van der Waals surface area contributed by atoms with Gasteiger partial charge in [0.15, 0.2) is 0 Å². The molecule has 3 heterocycles. The molecule has 0 bridgehead atoms. The van der Waals surface area contributed by atoms with Gasteiger partial charge in [0.05, 0.1) is 33.8 Å². The Labute approximate surface area is 209 Å². The smallest absolute Gasteiger partial charge is 0.390 e. The third-order valence-electron chi connectivity index (χ3n) is 5.95. The molecule has 3 aromatic rings. The zero-order valence-electron chi connectivity index (χ0n) is 20.6. The lowest BCUT2D eigenvalue weighted by Gasteiger charge is -2.28. The Kier molecular flexibility index (Phi) is 8.04. The van der Waals surface area contributed by atoms with E-state index in [0.29, 0.717) is 34.7 Å². The zero-order valence-corrected chi connectivity index (χ0v) is 21.4. The molecule has 0 radical (unpaired) electrons. The molecule has 0 aliphatic carbocycles. The van der Waals surface area contributed by atoms with E-state index in [9.17, 15) is 27.1 Å². The Morgan fingerprint density at radius 2 is 1.72 bits per heavy atom. The van der Waals surface area contributed by atoms with Crippen molar-refractivity contribution in [2.24, 2.45) is 5.92 Å². The van der Waals surface area contributed by atoms with Gasteiger partial charge in [-0.2, -0.15) is 26.9 Å². The van der Waals surface area contributed by atoms with E-state index in [1.165, 1.54) is 11.3 Å². The van der Waals surface area contributed by atoms with Crippen LogP contribution >= 0.6 is 11.3 Å². The first-order valence-corrected chi connectivity index (χ1v) is 12.2. The average Bonchev–Trinajstić information content (AvgIpc) is 3.18. The molecule has 7 nitrogen and oxygen atoms in total. The molecule has 0 fully saturated rings. The predicted molar refractivity (Wildman–Crippen MR) is 131 cm³/mol. The summed E-state index contributed by atoms with van der Waals surface area (Å²) in [6, 6.07) is 1.82. The molecule has 13 heteroatoms. The minimum atomic E-state index is -5.70. The predicted octanol–water partition coefficient (Wildman–Crippen LogP) is 5.97. The second-order valence-corrected chi connectivity index (χ2v) is 10.2. The SMILES string of the molecule is CCC(CCNc1nc(NCC(F)(F)C(F)(F)F)nc(C)c1-c1nc2c(C)nccc2s1)C(C)(C)O. The number of hydrogen-bond donors (Lipinski definition) is 3. The van der Waals surface area contributed by atoms with E-state index in [2.05, 4.69) is 25.3 Å². The largest absolute Gasteiger partial charge is 0.455 e. The van der Waals surface area contributed by atoms with Gasteiger partial charge in [0.1, 0.15) is 16.3 Å². The molecule has 36 heavy (non-hydrogen) atoms. The fraction of sp³-hybridized carbons (Fsp3) is 0.565. The number of rotatable bonds is 10. The van der Waals surface area contributed by atoms with Gasteiger partial charge in [-0.1, -0.05) is 13.3 Å². The molecule has 3 N–H and O–H groups in total. The van der Waals surface area contributed by atoms with Crippen molar-refractivity contribution in [3.63, 3.8) is 0 Å². The van der Waals surface area contributed by atoms with Gasteiger partial charge in [-0.05, 0) is 46.1 Å². The maximum atomic E-state index is 13.5. The standard InChI is InChI=1S/C23H29F5N6OS/c1-6-14(21(4,5)35)7-9-30-18-16(19-33-17-13(3)29-10-8-15(17)36-19)12(2)32-20(34-18)31-11-22(24,25)23(26,27)28/h8,10,14,35H,6-7,9,11H2,1-5H3,(H2,30,31,32,34). The molecule has 0 saturated carbocycles. The number of pyridine rings is 1. The van der Waals surface area contributed by atoms with Crippen molar-refractivity contribution in [3.05, 3.63) is 23.7 Å². The van der Waals surface area contributed by atoms with Crippen molar-refractivity contribution in [1.29, 1.82) is 0 Å². The summed E-state index contributed by atoms with van der Waals surface area (Å²) in [6.45, 7) is 7.52. The lowest BCUT2D eigenvalue weighted by atomic mass is 9.86. The van der Waals surface area contributed by atoms with Crippen molar-refractivity contribution in [2.75, 3.05) is 23.7 Å². The Morgan fingerprint density at radius 1 is 1.03 bits per heavy atom. The van der Waals surface area contributed by atoms with E-state index >= 15 is 0 Å². The number of nitrogens with zero attached hydrogens (tertiary/aromatic N) is 4. The van der Waals surface area contributed by atoms with Gasteiger partial charge in [-0.3, -0.25) is 4.98 Å². The van der Waals surface area contributed by atoms with Crippen LogP contribution in [-0.2, 0) is 0 Å². The van der Waals surface area contributed by atoms with Crippen molar-refractivity contribution >= 4 is 33.3 Å². The molecule has 1 unspecified atom stereocenters. The average molecular weight is 533 g/mol. The zero-order chi connectivity index (χ0) is 26.9. The van der Waals surface area contributed by atoms with Crippen LogP contribution < -0.4 is 10.6 Å². The van der Waals surface area contributed by atoms with Crippen molar-refractivity contribution in [2.45, 2.75) is 65.2 Å². The first-order valence-electron chi connectivity index (χ1n) is 11.4. The fourth-order valence-corrected chi connectivity index (χ4v) is 4.95. The highest BCUT2D eigenvalue weighted by Crippen LogP contribution is 2.38. The van der Waals surface area contributed by atoms with Crippen molar-refractivity contribution in [3.8, 4) is 10.6 Å². The summed E-state index contributed by atoms with van der Waals surface area (Å²) in [5, 5.41) is 16.1. The lowest BCUT2D eigenvalue weighted by Crippen LogP contribution is -2.42. The first kappa shape index (κ1) is 27.9. The summed E-state index contributed by atoms with van der Waals surface area (Å²) in [7, 11) is 0. The lowest BCUT2D eigenvalue weighted by molar-refractivity contribution is -0.275. The second-order valence-electron chi connectivity index (χ2n) is 9.15. The number of thiazole rings is 1. The Bertz CT molecular complexity index is 1210. The van der Waals surface area contributed by atoms with E-state index < -0.39 is 24.2 Å². The summed E-state index contributed by atoms with van der Waals surface area (Å²) in [5.74, 6) is -5.10. The fourth-order valence-electron chi connectivity index (χ4n) is 3.84.